The van der Waals surface area contributed by atoms with Crippen molar-refractivity contribution in [2.24, 2.45) is 11.8 Å². The lowest BCUT2D eigenvalue weighted by Crippen LogP contribution is -2.38. The second-order valence-electron chi connectivity index (χ2n) is 5.70. The third-order valence-electron chi connectivity index (χ3n) is 4.68. The minimum Gasteiger partial charge on any atom is -0.385 e. The fourth-order valence-corrected chi connectivity index (χ4v) is 3.68. The molecule has 1 aromatic rings. The van der Waals surface area contributed by atoms with E-state index >= 15 is 0 Å². The molecule has 2 N–H and O–H groups in total. The summed E-state index contributed by atoms with van der Waals surface area (Å²) >= 11 is 0. The van der Waals surface area contributed by atoms with Crippen LogP contribution in [0, 0.1) is 17.7 Å². The van der Waals surface area contributed by atoms with Crippen molar-refractivity contribution in [3.63, 3.8) is 0 Å². The Kier molecular flexibility index (Phi) is 3.12. The van der Waals surface area contributed by atoms with Gasteiger partial charge < -0.3 is 10.4 Å². The van der Waals surface area contributed by atoms with E-state index in [1.165, 1.54) is 25.0 Å². The van der Waals surface area contributed by atoms with Gasteiger partial charge in [0, 0.05) is 12.5 Å². The van der Waals surface area contributed by atoms with Crippen molar-refractivity contribution in [3.8, 4) is 0 Å². The van der Waals surface area contributed by atoms with Gasteiger partial charge in [0.05, 0.1) is 5.60 Å². The average Bonchev–Trinajstić information content (AvgIpc) is 2.78. The molecule has 1 aliphatic heterocycles. The maximum absolute atomic E-state index is 13.0. The molecule has 18 heavy (non-hydrogen) atoms. The van der Waals surface area contributed by atoms with Crippen LogP contribution in [-0.2, 0) is 5.60 Å². The van der Waals surface area contributed by atoms with Gasteiger partial charge in [0.15, 0.2) is 0 Å². The largest absolute Gasteiger partial charge is 0.385 e. The molecule has 3 atom stereocenters. The van der Waals surface area contributed by atoms with E-state index in [0.29, 0.717) is 5.92 Å². The molecule has 3 rings (SSSR count). The van der Waals surface area contributed by atoms with E-state index in [1.54, 1.807) is 12.1 Å². The Hall–Kier alpha value is -0.930. The number of aliphatic hydroxyl groups is 1. The topological polar surface area (TPSA) is 32.3 Å². The standard InChI is InChI=1S/C15H20FNO/c16-13-6-4-12(5-7-13)15(18)8-2-1-3-11-9-17-10-14(11)15/h4-7,11,14,17-18H,1-3,8-10H2/t11?,14?,15-/m1/s1. The number of fused-ring (bicyclic) bond motifs is 1. The molecule has 0 spiro atoms. The van der Waals surface area contributed by atoms with E-state index < -0.39 is 5.60 Å². The Morgan fingerprint density at radius 3 is 2.72 bits per heavy atom. The van der Waals surface area contributed by atoms with Crippen molar-refractivity contribution in [2.45, 2.75) is 31.3 Å². The zero-order chi connectivity index (χ0) is 12.6. The highest BCUT2D eigenvalue weighted by atomic mass is 19.1. The van der Waals surface area contributed by atoms with Gasteiger partial charge in [0.1, 0.15) is 5.82 Å². The Morgan fingerprint density at radius 1 is 1.17 bits per heavy atom. The van der Waals surface area contributed by atoms with E-state index in [1.807, 2.05) is 0 Å². The van der Waals surface area contributed by atoms with Crippen LogP contribution in [0.2, 0.25) is 0 Å². The molecular formula is C15H20FNO. The van der Waals surface area contributed by atoms with E-state index in [4.69, 9.17) is 0 Å². The Labute approximate surface area is 107 Å². The van der Waals surface area contributed by atoms with E-state index in [9.17, 15) is 9.50 Å². The van der Waals surface area contributed by atoms with Crippen LogP contribution < -0.4 is 5.32 Å². The lowest BCUT2D eigenvalue weighted by molar-refractivity contribution is -0.0347. The number of halogens is 1. The summed E-state index contributed by atoms with van der Waals surface area (Å²) in [6, 6.07) is 6.40. The first-order valence-corrected chi connectivity index (χ1v) is 6.89. The molecule has 98 valence electrons. The van der Waals surface area contributed by atoms with E-state index in [0.717, 1.165) is 31.5 Å². The third kappa shape index (κ3) is 1.95. The van der Waals surface area contributed by atoms with Crippen LogP contribution in [0.3, 0.4) is 0 Å². The summed E-state index contributed by atoms with van der Waals surface area (Å²) in [4.78, 5) is 0. The van der Waals surface area contributed by atoms with Gasteiger partial charge in [-0.3, -0.25) is 0 Å². The van der Waals surface area contributed by atoms with E-state index in [-0.39, 0.29) is 11.7 Å². The smallest absolute Gasteiger partial charge is 0.123 e. The summed E-state index contributed by atoms with van der Waals surface area (Å²) < 4.78 is 13.0. The monoisotopic (exact) mass is 249 g/mol. The maximum Gasteiger partial charge on any atom is 0.123 e. The molecule has 3 heteroatoms. The van der Waals surface area contributed by atoms with Gasteiger partial charge in [-0.05, 0) is 43.0 Å². The number of nitrogens with one attached hydrogen (secondary N) is 1. The summed E-state index contributed by atoms with van der Waals surface area (Å²) in [5.74, 6) is 0.588. The van der Waals surface area contributed by atoms with Gasteiger partial charge in [-0.15, -0.1) is 0 Å². The molecule has 2 nitrogen and oxygen atoms in total. The molecule has 0 aromatic heterocycles. The fraction of sp³-hybridized carbons (Fsp3) is 0.600. The van der Waals surface area contributed by atoms with Crippen molar-refractivity contribution in [1.82, 2.24) is 5.32 Å². The molecule has 1 aliphatic carbocycles. The highest BCUT2D eigenvalue weighted by molar-refractivity contribution is 5.25. The lowest BCUT2D eigenvalue weighted by Gasteiger charge is -2.35. The summed E-state index contributed by atoms with van der Waals surface area (Å²) in [6.45, 7) is 1.88. The van der Waals surface area contributed by atoms with E-state index in [2.05, 4.69) is 5.32 Å². The number of hydrogen-bond acceptors (Lipinski definition) is 2. The van der Waals surface area contributed by atoms with Crippen LogP contribution in [0.5, 0.6) is 0 Å². The SMILES string of the molecule is O[C@@]1(c2ccc(F)cc2)CCCCC2CNCC21. The predicted octanol–water partition coefficient (Wildman–Crippen LogP) is 2.42. The lowest BCUT2D eigenvalue weighted by atomic mass is 9.75. The van der Waals surface area contributed by atoms with Gasteiger partial charge in [0.2, 0.25) is 0 Å². The second-order valence-corrected chi connectivity index (χ2v) is 5.70. The summed E-state index contributed by atoms with van der Waals surface area (Å²) in [7, 11) is 0. The molecule has 1 heterocycles. The first kappa shape index (κ1) is 12.1. The molecule has 1 saturated carbocycles. The number of benzene rings is 1. The van der Waals surface area contributed by atoms with Crippen LogP contribution in [0.4, 0.5) is 4.39 Å². The normalized spacial score (nSPS) is 36.1. The Bertz CT molecular complexity index is 419. The van der Waals surface area contributed by atoms with Gasteiger partial charge in [0.25, 0.3) is 0 Å². The Morgan fingerprint density at radius 2 is 1.94 bits per heavy atom. The van der Waals surface area contributed by atoms with Gasteiger partial charge >= 0.3 is 0 Å². The van der Waals surface area contributed by atoms with Gasteiger partial charge in [-0.25, -0.2) is 4.39 Å². The molecule has 2 aliphatic rings. The first-order valence-electron chi connectivity index (χ1n) is 6.89. The van der Waals surface area contributed by atoms with Crippen molar-refractivity contribution < 1.29 is 9.50 Å². The first-order chi connectivity index (χ1) is 8.70. The van der Waals surface area contributed by atoms with Crippen LogP contribution in [0.15, 0.2) is 24.3 Å². The zero-order valence-electron chi connectivity index (χ0n) is 10.5. The minimum atomic E-state index is -0.779. The molecule has 2 unspecified atom stereocenters. The molecule has 0 radical (unpaired) electrons. The predicted molar refractivity (Wildman–Crippen MR) is 68.6 cm³/mol. The van der Waals surface area contributed by atoms with Gasteiger partial charge in [-0.1, -0.05) is 25.0 Å². The molecule has 1 saturated heterocycles. The number of hydrogen-bond donors (Lipinski definition) is 2. The van der Waals surface area contributed by atoms with Crippen LogP contribution in [0.1, 0.15) is 31.2 Å². The minimum absolute atomic E-state index is 0.239. The second kappa shape index (κ2) is 4.63. The fourth-order valence-electron chi connectivity index (χ4n) is 3.68. The van der Waals surface area contributed by atoms with Crippen LogP contribution in [0.25, 0.3) is 0 Å². The summed E-state index contributed by atoms with van der Waals surface area (Å²) in [5.41, 5.74) is 0.0998. The van der Waals surface area contributed by atoms with Crippen molar-refractivity contribution in [2.75, 3.05) is 13.1 Å². The third-order valence-corrected chi connectivity index (χ3v) is 4.68. The number of rotatable bonds is 1. The highest BCUT2D eigenvalue weighted by Gasteiger charge is 2.45. The summed E-state index contributed by atoms with van der Waals surface area (Å²) in [5, 5.41) is 14.5. The maximum atomic E-state index is 13.0. The van der Waals surface area contributed by atoms with Gasteiger partial charge in [-0.2, -0.15) is 0 Å². The van der Waals surface area contributed by atoms with Crippen molar-refractivity contribution >= 4 is 0 Å². The molecule has 1 aromatic carbocycles. The van der Waals surface area contributed by atoms with Crippen molar-refractivity contribution in [1.29, 1.82) is 0 Å². The van der Waals surface area contributed by atoms with Crippen molar-refractivity contribution in [3.05, 3.63) is 35.6 Å². The quantitative estimate of drug-likeness (QED) is 0.801. The molecule has 0 amide bonds. The van der Waals surface area contributed by atoms with Crippen LogP contribution >= 0.6 is 0 Å². The highest BCUT2D eigenvalue weighted by Crippen LogP contribution is 2.44. The zero-order valence-corrected chi connectivity index (χ0v) is 10.5. The average molecular weight is 249 g/mol. The Balaban J connectivity index is 1.97. The molecule has 2 fully saturated rings. The molecular weight excluding hydrogens is 229 g/mol. The molecule has 0 bridgehead atoms. The summed E-state index contributed by atoms with van der Waals surface area (Å²) in [6.07, 6.45) is 4.23. The van der Waals surface area contributed by atoms with Crippen LogP contribution in [-0.4, -0.2) is 18.2 Å².